The van der Waals surface area contributed by atoms with Crippen molar-refractivity contribution in [3.63, 3.8) is 0 Å². The Morgan fingerprint density at radius 3 is 2.08 bits per heavy atom. The summed E-state index contributed by atoms with van der Waals surface area (Å²) < 4.78 is 12.3. The molecule has 2 aromatic carbocycles. The van der Waals surface area contributed by atoms with Crippen molar-refractivity contribution in [3.8, 4) is 11.5 Å². The SMILES string of the molecule is CC(C)(CCCCF)CCCCCCCCCC1c2ccc(O)cc2SC[C@]1(C)c1ccc(O)cc1. The first-order valence-electron chi connectivity index (χ1n) is 14.1. The van der Waals surface area contributed by atoms with Crippen LogP contribution in [-0.2, 0) is 5.41 Å². The van der Waals surface area contributed by atoms with Gasteiger partial charge in [-0.1, -0.05) is 90.3 Å². The molecule has 200 valence electrons. The van der Waals surface area contributed by atoms with Crippen LogP contribution >= 0.6 is 11.8 Å². The summed E-state index contributed by atoms with van der Waals surface area (Å²) in [5.41, 5.74) is 2.99. The van der Waals surface area contributed by atoms with E-state index in [0.717, 1.165) is 25.0 Å². The van der Waals surface area contributed by atoms with Crippen LogP contribution in [0, 0.1) is 5.41 Å². The Balaban J connectivity index is 1.46. The minimum atomic E-state index is -0.179. The molecule has 0 radical (unpaired) electrons. The number of alkyl halides is 1. The lowest BCUT2D eigenvalue weighted by Crippen LogP contribution is -2.36. The van der Waals surface area contributed by atoms with Crippen molar-refractivity contribution < 1.29 is 14.6 Å². The maximum atomic E-state index is 12.3. The molecule has 2 nitrogen and oxygen atoms in total. The average molecular weight is 515 g/mol. The number of phenolic OH excluding ortho intramolecular Hbond substituents is 2. The van der Waals surface area contributed by atoms with Gasteiger partial charge in [0.05, 0.1) is 6.67 Å². The lowest BCUT2D eigenvalue weighted by molar-refractivity contribution is 0.277. The van der Waals surface area contributed by atoms with Crippen LogP contribution in [0.5, 0.6) is 11.5 Å². The second kappa shape index (κ2) is 13.7. The van der Waals surface area contributed by atoms with Crippen molar-refractivity contribution in [3.05, 3.63) is 53.6 Å². The van der Waals surface area contributed by atoms with E-state index < -0.39 is 0 Å². The molecule has 2 aromatic rings. The van der Waals surface area contributed by atoms with E-state index in [9.17, 15) is 14.6 Å². The summed E-state index contributed by atoms with van der Waals surface area (Å²) >= 11 is 1.84. The Morgan fingerprint density at radius 2 is 1.42 bits per heavy atom. The van der Waals surface area contributed by atoms with E-state index >= 15 is 0 Å². The second-order valence-corrected chi connectivity index (χ2v) is 12.9. The number of hydrogen-bond donors (Lipinski definition) is 2. The molecule has 0 spiro atoms. The van der Waals surface area contributed by atoms with E-state index in [4.69, 9.17) is 0 Å². The fourth-order valence-corrected chi connectivity index (χ4v) is 7.27. The van der Waals surface area contributed by atoms with Crippen molar-refractivity contribution in [2.24, 2.45) is 5.41 Å². The van der Waals surface area contributed by atoms with Crippen LogP contribution < -0.4 is 0 Å². The first-order chi connectivity index (χ1) is 17.2. The Morgan fingerprint density at radius 1 is 0.833 bits per heavy atom. The highest BCUT2D eigenvalue weighted by Gasteiger charge is 2.41. The fraction of sp³-hybridized carbons (Fsp3) is 0.625. The van der Waals surface area contributed by atoms with E-state index in [2.05, 4.69) is 39.0 Å². The standard InChI is InChI=1S/C32H47FO2S/c1-31(2,21-11-12-22-33)20-10-8-6-4-5-7-9-13-29-28-19-18-27(35)23-30(28)36-24-32(29,3)25-14-16-26(34)17-15-25/h14-19,23,29,34-35H,4-13,20-22,24H2,1-3H3/t29?,32-/m1/s1. The summed E-state index contributed by atoms with van der Waals surface area (Å²) in [7, 11) is 0. The molecule has 0 amide bonds. The normalized spacial score (nSPS) is 19.8. The first-order valence-corrected chi connectivity index (χ1v) is 15.0. The van der Waals surface area contributed by atoms with Crippen LogP contribution in [0.3, 0.4) is 0 Å². The summed E-state index contributed by atoms with van der Waals surface area (Å²) in [6.07, 6.45) is 14.2. The molecular formula is C32H47FO2S. The monoisotopic (exact) mass is 514 g/mol. The summed E-state index contributed by atoms with van der Waals surface area (Å²) in [5, 5.41) is 19.8. The molecule has 36 heavy (non-hydrogen) atoms. The molecule has 4 heteroatoms. The molecular weight excluding hydrogens is 467 g/mol. The smallest absolute Gasteiger partial charge is 0.116 e. The van der Waals surface area contributed by atoms with Crippen LogP contribution in [0.15, 0.2) is 47.4 Å². The zero-order chi connectivity index (χ0) is 26.0. The van der Waals surface area contributed by atoms with Gasteiger partial charge in [-0.25, -0.2) is 0 Å². The number of unbranched alkanes of at least 4 members (excludes halogenated alkanes) is 7. The number of thioether (sulfide) groups is 1. The highest BCUT2D eigenvalue weighted by molar-refractivity contribution is 7.99. The molecule has 1 heterocycles. The number of benzene rings is 2. The van der Waals surface area contributed by atoms with Gasteiger partial charge in [-0.05, 0) is 72.4 Å². The second-order valence-electron chi connectivity index (χ2n) is 11.9. The fourth-order valence-electron chi connectivity index (χ4n) is 5.87. The third-order valence-electron chi connectivity index (χ3n) is 8.28. The number of halogens is 1. The minimum Gasteiger partial charge on any atom is -0.508 e. The van der Waals surface area contributed by atoms with Gasteiger partial charge in [0.25, 0.3) is 0 Å². The largest absolute Gasteiger partial charge is 0.508 e. The van der Waals surface area contributed by atoms with E-state index in [0.29, 0.717) is 29.3 Å². The van der Waals surface area contributed by atoms with Gasteiger partial charge in [0.15, 0.2) is 0 Å². The van der Waals surface area contributed by atoms with Crippen LogP contribution in [0.2, 0.25) is 0 Å². The molecule has 0 aromatic heterocycles. The molecule has 2 atom stereocenters. The van der Waals surface area contributed by atoms with Crippen molar-refractivity contribution >= 4 is 11.8 Å². The van der Waals surface area contributed by atoms with E-state index in [-0.39, 0.29) is 12.1 Å². The maximum Gasteiger partial charge on any atom is 0.116 e. The molecule has 0 bridgehead atoms. The molecule has 0 saturated heterocycles. The van der Waals surface area contributed by atoms with Gasteiger partial charge >= 0.3 is 0 Å². The predicted molar refractivity (Wildman–Crippen MR) is 152 cm³/mol. The molecule has 2 N–H and O–H groups in total. The van der Waals surface area contributed by atoms with Crippen molar-refractivity contribution in [1.82, 2.24) is 0 Å². The summed E-state index contributed by atoms with van der Waals surface area (Å²) in [6, 6.07) is 13.6. The van der Waals surface area contributed by atoms with Crippen LogP contribution in [-0.4, -0.2) is 22.6 Å². The number of fused-ring (bicyclic) bond motifs is 1. The third-order valence-corrected chi connectivity index (χ3v) is 9.69. The van der Waals surface area contributed by atoms with Crippen LogP contribution in [0.4, 0.5) is 4.39 Å². The zero-order valence-corrected chi connectivity index (χ0v) is 23.5. The van der Waals surface area contributed by atoms with Crippen LogP contribution in [0.1, 0.15) is 115 Å². The predicted octanol–water partition coefficient (Wildman–Crippen LogP) is 9.92. The van der Waals surface area contributed by atoms with Gasteiger partial charge < -0.3 is 10.2 Å². The molecule has 0 saturated carbocycles. The number of phenols is 2. The highest BCUT2D eigenvalue weighted by Crippen LogP contribution is 2.52. The number of aromatic hydroxyl groups is 2. The van der Waals surface area contributed by atoms with Gasteiger partial charge in [-0.15, -0.1) is 11.8 Å². The number of hydrogen-bond acceptors (Lipinski definition) is 3. The lowest BCUT2D eigenvalue weighted by atomic mass is 9.68. The maximum absolute atomic E-state index is 12.3. The van der Waals surface area contributed by atoms with Gasteiger partial charge in [0.1, 0.15) is 11.5 Å². The highest BCUT2D eigenvalue weighted by atomic mass is 32.2. The quantitative estimate of drug-likeness (QED) is 0.232. The lowest BCUT2D eigenvalue weighted by Gasteiger charge is -2.43. The average Bonchev–Trinajstić information content (AvgIpc) is 2.84. The van der Waals surface area contributed by atoms with E-state index in [1.165, 1.54) is 67.4 Å². The summed E-state index contributed by atoms with van der Waals surface area (Å²) in [6.45, 7) is 6.86. The van der Waals surface area contributed by atoms with Crippen LogP contribution in [0.25, 0.3) is 0 Å². The Labute approximate surface area is 223 Å². The van der Waals surface area contributed by atoms with Gasteiger partial charge in [-0.2, -0.15) is 0 Å². The molecule has 0 aliphatic carbocycles. The summed E-state index contributed by atoms with van der Waals surface area (Å²) in [4.78, 5) is 1.21. The molecule has 1 aliphatic heterocycles. The van der Waals surface area contributed by atoms with Gasteiger partial charge in [0, 0.05) is 16.1 Å². The Bertz CT molecular complexity index is 926. The minimum absolute atomic E-state index is 0.000651. The zero-order valence-electron chi connectivity index (χ0n) is 22.7. The summed E-state index contributed by atoms with van der Waals surface area (Å²) in [5.74, 6) is 2.03. The van der Waals surface area contributed by atoms with Crippen molar-refractivity contribution in [2.45, 2.75) is 114 Å². The van der Waals surface area contributed by atoms with Crippen molar-refractivity contribution in [1.29, 1.82) is 0 Å². The van der Waals surface area contributed by atoms with Crippen molar-refractivity contribution in [2.75, 3.05) is 12.4 Å². The Kier molecular flexibility index (Phi) is 11.0. The molecule has 3 rings (SSSR count). The van der Waals surface area contributed by atoms with Gasteiger partial charge in [0.2, 0.25) is 0 Å². The molecule has 1 unspecified atom stereocenters. The Hall–Kier alpha value is -1.68. The topological polar surface area (TPSA) is 40.5 Å². The molecule has 0 fully saturated rings. The van der Waals surface area contributed by atoms with Gasteiger partial charge in [-0.3, -0.25) is 4.39 Å². The van der Waals surface area contributed by atoms with E-state index in [1.807, 2.05) is 23.9 Å². The molecule has 1 aliphatic rings. The number of rotatable bonds is 15. The van der Waals surface area contributed by atoms with E-state index in [1.54, 1.807) is 12.1 Å². The third kappa shape index (κ3) is 8.16. The first kappa shape index (κ1) is 28.9.